The molecule has 228 valence electrons. The molecule has 0 bridgehead atoms. The highest BCUT2D eigenvalue weighted by atomic mass is 32.2. The van der Waals surface area contributed by atoms with E-state index in [1.54, 1.807) is 0 Å². The molecule has 5 rings (SSSR count). The molecule has 3 amide bonds. The van der Waals surface area contributed by atoms with Crippen LogP contribution >= 0.6 is 11.8 Å². The number of benzene rings is 3. The Morgan fingerprint density at radius 1 is 1.02 bits per heavy atom. The lowest BCUT2D eigenvalue weighted by atomic mass is 9.85. The molecule has 3 aromatic carbocycles. The number of carbonyl (C=O) groups excluding carboxylic acids is 2. The minimum atomic E-state index is -4.76. The van der Waals surface area contributed by atoms with Crippen molar-refractivity contribution in [2.45, 2.75) is 39.0 Å². The topological polar surface area (TPSA) is 102 Å². The number of urea groups is 1. The number of ether oxygens (including phenoxy) is 1. The van der Waals surface area contributed by atoms with Gasteiger partial charge in [-0.15, -0.1) is 18.3 Å². The van der Waals surface area contributed by atoms with Crippen LogP contribution < -0.4 is 15.0 Å². The average Bonchev–Trinajstić information content (AvgIpc) is 3.60. The van der Waals surface area contributed by atoms with Crippen LogP contribution in [0, 0.1) is 0 Å². The van der Waals surface area contributed by atoms with E-state index in [-0.39, 0.29) is 22.8 Å². The zero-order valence-electron chi connectivity index (χ0n) is 24.1. The van der Waals surface area contributed by atoms with Crippen LogP contribution in [0.3, 0.4) is 0 Å². The van der Waals surface area contributed by atoms with E-state index < -0.39 is 12.4 Å². The van der Waals surface area contributed by atoms with E-state index in [2.05, 4.69) is 45.9 Å². The van der Waals surface area contributed by atoms with Crippen molar-refractivity contribution in [3.05, 3.63) is 90.3 Å². The third-order valence-corrected chi connectivity index (χ3v) is 7.57. The van der Waals surface area contributed by atoms with Crippen molar-refractivity contribution in [1.82, 2.24) is 20.1 Å². The fraction of sp³-hybridized carbons (Fsp3) is 0.258. The van der Waals surface area contributed by atoms with E-state index >= 15 is 0 Å². The quantitative estimate of drug-likeness (QED) is 0.252. The summed E-state index contributed by atoms with van der Waals surface area (Å²) in [6.07, 6.45) is -2.74. The predicted molar refractivity (Wildman–Crippen MR) is 163 cm³/mol. The van der Waals surface area contributed by atoms with Crippen LogP contribution in [0.25, 0.3) is 17.1 Å². The standard InChI is InChI=1S/C31H29F3N6O3S/c1-30(2,3)24-6-4-5-7-25(24)40-26(41)18-44-29(40)37-28(42)35-17-16-20-8-10-21(11-9-20)27-36-19-39(38-27)22-12-14-23(15-13-22)43-31(32,33)34/h4-15,19H,16-18H2,1-3H3,(H,35,42)/b37-29-. The predicted octanol–water partition coefficient (Wildman–Crippen LogP) is 6.52. The normalized spacial score (nSPS) is 14.7. The summed E-state index contributed by atoms with van der Waals surface area (Å²) in [4.78, 5) is 35.4. The van der Waals surface area contributed by atoms with Crippen LogP contribution in [0.4, 0.5) is 23.7 Å². The highest BCUT2D eigenvalue weighted by Crippen LogP contribution is 2.36. The molecule has 0 spiro atoms. The number of halogens is 3. The Bertz CT molecular complexity index is 1680. The molecule has 0 saturated carbocycles. The maximum Gasteiger partial charge on any atom is 0.573 e. The number of thioether (sulfide) groups is 1. The van der Waals surface area contributed by atoms with Crippen LogP contribution in [0.2, 0.25) is 0 Å². The molecule has 1 saturated heterocycles. The van der Waals surface area contributed by atoms with Gasteiger partial charge in [-0.1, -0.05) is 75.0 Å². The first kappa shape index (κ1) is 30.8. The molecule has 0 aliphatic carbocycles. The molecule has 4 aromatic rings. The maximum absolute atomic E-state index is 12.7. The largest absolute Gasteiger partial charge is 0.573 e. The van der Waals surface area contributed by atoms with Gasteiger partial charge < -0.3 is 10.1 Å². The number of amidine groups is 1. The molecule has 2 heterocycles. The van der Waals surface area contributed by atoms with Gasteiger partial charge in [0.2, 0.25) is 5.91 Å². The van der Waals surface area contributed by atoms with Gasteiger partial charge in [-0.3, -0.25) is 9.69 Å². The first-order chi connectivity index (χ1) is 20.9. The summed E-state index contributed by atoms with van der Waals surface area (Å²) in [6, 6.07) is 19.9. The lowest BCUT2D eigenvalue weighted by Gasteiger charge is -2.27. The summed E-state index contributed by atoms with van der Waals surface area (Å²) in [5, 5.41) is 7.56. The summed E-state index contributed by atoms with van der Waals surface area (Å²) in [5.41, 5.74) is 3.76. The fourth-order valence-electron chi connectivity index (χ4n) is 4.57. The van der Waals surface area contributed by atoms with Gasteiger partial charge in [0.25, 0.3) is 0 Å². The Morgan fingerprint density at radius 3 is 2.41 bits per heavy atom. The van der Waals surface area contributed by atoms with Crippen molar-refractivity contribution in [2.75, 3.05) is 17.2 Å². The van der Waals surface area contributed by atoms with E-state index in [0.29, 0.717) is 29.6 Å². The van der Waals surface area contributed by atoms with Crippen LogP contribution in [-0.4, -0.2) is 50.5 Å². The lowest BCUT2D eigenvalue weighted by molar-refractivity contribution is -0.274. The van der Waals surface area contributed by atoms with E-state index in [4.69, 9.17) is 0 Å². The van der Waals surface area contributed by atoms with Crippen LogP contribution in [0.15, 0.2) is 84.1 Å². The van der Waals surface area contributed by atoms with Gasteiger partial charge in [0.1, 0.15) is 12.1 Å². The Morgan fingerprint density at radius 2 is 1.73 bits per heavy atom. The van der Waals surface area contributed by atoms with E-state index in [9.17, 15) is 22.8 Å². The van der Waals surface area contributed by atoms with Gasteiger partial charge in [-0.25, -0.2) is 14.5 Å². The molecule has 1 aliphatic rings. The molecule has 9 nitrogen and oxygen atoms in total. The van der Waals surface area contributed by atoms with Crippen molar-refractivity contribution in [1.29, 1.82) is 0 Å². The van der Waals surface area contributed by atoms with Crippen molar-refractivity contribution >= 4 is 34.6 Å². The smallest absolute Gasteiger partial charge is 0.406 e. The highest BCUT2D eigenvalue weighted by molar-refractivity contribution is 8.15. The van der Waals surface area contributed by atoms with Gasteiger partial charge in [0, 0.05) is 12.1 Å². The van der Waals surface area contributed by atoms with Crippen LogP contribution in [0.1, 0.15) is 31.9 Å². The second-order valence-corrected chi connectivity index (χ2v) is 11.9. The zero-order valence-corrected chi connectivity index (χ0v) is 24.9. The molecule has 13 heteroatoms. The number of carbonyl (C=O) groups is 2. The summed E-state index contributed by atoms with van der Waals surface area (Å²) in [5.74, 6) is 0.216. The summed E-state index contributed by atoms with van der Waals surface area (Å²) < 4.78 is 42.5. The van der Waals surface area contributed by atoms with E-state index in [1.165, 1.54) is 51.9 Å². The monoisotopic (exact) mass is 622 g/mol. The van der Waals surface area contributed by atoms with E-state index in [0.717, 1.165) is 22.4 Å². The lowest BCUT2D eigenvalue weighted by Crippen LogP contribution is -2.33. The number of nitrogens with zero attached hydrogens (tertiary/aromatic N) is 5. The van der Waals surface area contributed by atoms with Gasteiger partial charge >= 0.3 is 12.4 Å². The number of aromatic nitrogens is 3. The minimum Gasteiger partial charge on any atom is -0.406 e. The van der Waals surface area contributed by atoms with Crippen molar-refractivity contribution < 1.29 is 27.5 Å². The Balaban J connectivity index is 1.17. The Kier molecular flexibility index (Phi) is 8.77. The summed E-state index contributed by atoms with van der Waals surface area (Å²) in [6.45, 7) is 6.55. The summed E-state index contributed by atoms with van der Waals surface area (Å²) >= 11 is 1.24. The first-order valence-corrected chi connectivity index (χ1v) is 14.6. The van der Waals surface area contributed by atoms with E-state index in [1.807, 2.05) is 48.5 Å². The Labute approximate surface area is 256 Å². The number of hydrogen-bond acceptors (Lipinski definition) is 6. The van der Waals surface area contributed by atoms with Gasteiger partial charge in [0.15, 0.2) is 11.0 Å². The third kappa shape index (κ3) is 7.46. The molecule has 0 atom stereocenters. The summed E-state index contributed by atoms with van der Waals surface area (Å²) in [7, 11) is 0. The second-order valence-electron chi connectivity index (χ2n) is 10.9. The minimum absolute atomic E-state index is 0.119. The molecule has 1 aliphatic heterocycles. The number of amides is 3. The molecular weight excluding hydrogens is 593 g/mol. The number of anilines is 1. The molecule has 0 radical (unpaired) electrons. The molecule has 1 fully saturated rings. The fourth-order valence-corrected chi connectivity index (χ4v) is 5.42. The molecule has 0 unspecified atom stereocenters. The second kappa shape index (κ2) is 12.5. The highest BCUT2D eigenvalue weighted by Gasteiger charge is 2.34. The number of rotatable bonds is 7. The van der Waals surface area contributed by atoms with Crippen molar-refractivity contribution in [2.24, 2.45) is 4.99 Å². The molecule has 1 N–H and O–H groups in total. The molecule has 44 heavy (non-hydrogen) atoms. The average molecular weight is 623 g/mol. The number of aliphatic imine (C=N–C) groups is 1. The molecule has 1 aromatic heterocycles. The third-order valence-electron chi connectivity index (χ3n) is 6.64. The van der Waals surface area contributed by atoms with Crippen LogP contribution in [0.5, 0.6) is 5.75 Å². The number of hydrogen-bond donors (Lipinski definition) is 1. The number of alkyl halides is 3. The molecular formula is C31H29F3N6O3S. The first-order valence-electron chi connectivity index (χ1n) is 13.7. The maximum atomic E-state index is 12.7. The Hall–Kier alpha value is -4.65. The van der Waals surface area contributed by atoms with Crippen molar-refractivity contribution in [3.63, 3.8) is 0 Å². The van der Waals surface area contributed by atoms with Gasteiger partial charge in [-0.2, -0.15) is 4.99 Å². The number of para-hydroxylation sites is 1. The van der Waals surface area contributed by atoms with Gasteiger partial charge in [-0.05, 0) is 53.3 Å². The van der Waals surface area contributed by atoms with Crippen molar-refractivity contribution in [3.8, 4) is 22.8 Å². The van der Waals surface area contributed by atoms with Gasteiger partial charge in [0.05, 0.1) is 17.1 Å². The number of nitrogens with one attached hydrogen (secondary N) is 1. The SMILES string of the molecule is CC(C)(C)c1ccccc1N1C(=O)CS/C1=N\C(=O)NCCc1ccc(-c2ncn(-c3ccc(OC(F)(F)F)cc3)n2)cc1. The van der Waals surface area contributed by atoms with Crippen LogP contribution in [-0.2, 0) is 16.6 Å². The zero-order chi connectivity index (χ0) is 31.5.